The molecule has 4 rings (SSSR count). The van der Waals surface area contributed by atoms with Crippen LogP contribution in [0.25, 0.3) is 0 Å². The van der Waals surface area contributed by atoms with E-state index >= 15 is 0 Å². The van der Waals surface area contributed by atoms with Gasteiger partial charge in [-0.15, -0.1) is 0 Å². The van der Waals surface area contributed by atoms with Crippen molar-refractivity contribution in [1.29, 1.82) is 0 Å². The highest BCUT2D eigenvalue weighted by Gasteiger charge is 2.14. The Labute approximate surface area is 171 Å². The van der Waals surface area contributed by atoms with Crippen molar-refractivity contribution in [2.24, 2.45) is 10.1 Å². The highest BCUT2D eigenvalue weighted by molar-refractivity contribution is 8.14. The summed E-state index contributed by atoms with van der Waals surface area (Å²) in [6.07, 6.45) is 0. The molecule has 1 heterocycles. The van der Waals surface area contributed by atoms with Crippen LogP contribution in [0.5, 0.6) is 0 Å². The first-order valence-corrected chi connectivity index (χ1v) is 9.93. The van der Waals surface area contributed by atoms with Crippen LogP contribution in [-0.2, 0) is 0 Å². The Morgan fingerprint density at radius 2 is 1.72 bits per heavy atom. The fraction of sp³-hybridized carbons (Fsp3) is 0.0455. The van der Waals surface area contributed by atoms with Gasteiger partial charge in [-0.2, -0.15) is 5.10 Å². The lowest BCUT2D eigenvalue weighted by atomic mass is 10.1. The number of amides is 1. The van der Waals surface area contributed by atoms with Crippen molar-refractivity contribution in [1.82, 2.24) is 5.43 Å². The van der Waals surface area contributed by atoms with E-state index in [1.54, 1.807) is 30.3 Å². The standard InChI is InChI=1S/C22H17FN4OS/c23-18-8-4-5-9-19(18)25-22-27-26-20(14-29-22)15-10-12-17(13-11-15)24-21(28)16-6-2-1-3-7-16/h1-13H,14H2,(H,24,28)(H,25,27). The molecule has 0 fully saturated rings. The molecule has 0 atom stereocenters. The zero-order valence-corrected chi connectivity index (χ0v) is 16.1. The van der Waals surface area contributed by atoms with Crippen LogP contribution in [0.2, 0.25) is 0 Å². The molecule has 0 aromatic heterocycles. The summed E-state index contributed by atoms with van der Waals surface area (Å²) >= 11 is 1.45. The molecule has 3 aromatic carbocycles. The number of hydrogen-bond donors (Lipinski definition) is 2. The molecule has 0 saturated carbocycles. The smallest absolute Gasteiger partial charge is 0.255 e. The second kappa shape index (κ2) is 8.70. The summed E-state index contributed by atoms with van der Waals surface area (Å²) in [5.41, 5.74) is 6.26. The molecule has 1 aliphatic heterocycles. The van der Waals surface area contributed by atoms with E-state index in [2.05, 4.69) is 20.8 Å². The lowest BCUT2D eigenvalue weighted by Crippen LogP contribution is -2.25. The number of anilines is 1. The molecule has 1 aliphatic rings. The van der Waals surface area contributed by atoms with Crippen LogP contribution in [-0.4, -0.2) is 22.5 Å². The number of halogens is 1. The Balaban J connectivity index is 1.41. The van der Waals surface area contributed by atoms with E-state index in [-0.39, 0.29) is 17.4 Å². The van der Waals surface area contributed by atoms with Crippen LogP contribution in [0, 0.1) is 5.82 Å². The SMILES string of the molecule is O=C(Nc1ccc(C2=NNC(=Nc3ccccc3F)SC2)cc1)c1ccccc1. The van der Waals surface area contributed by atoms with Crippen molar-refractivity contribution >= 4 is 39.9 Å². The number of para-hydroxylation sites is 1. The summed E-state index contributed by atoms with van der Waals surface area (Å²) in [7, 11) is 0. The van der Waals surface area contributed by atoms with E-state index in [0.717, 1.165) is 11.3 Å². The molecule has 0 spiro atoms. The van der Waals surface area contributed by atoms with E-state index in [9.17, 15) is 9.18 Å². The third kappa shape index (κ3) is 4.70. The fourth-order valence-corrected chi connectivity index (χ4v) is 3.49. The highest BCUT2D eigenvalue weighted by atomic mass is 32.2. The van der Waals surface area contributed by atoms with E-state index in [1.807, 2.05) is 42.5 Å². The maximum absolute atomic E-state index is 13.7. The minimum Gasteiger partial charge on any atom is -0.322 e. The van der Waals surface area contributed by atoms with Crippen molar-refractivity contribution in [2.45, 2.75) is 0 Å². The van der Waals surface area contributed by atoms with Gasteiger partial charge in [0.2, 0.25) is 0 Å². The summed E-state index contributed by atoms with van der Waals surface area (Å²) in [6.45, 7) is 0. The number of nitrogens with zero attached hydrogens (tertiary/aromatic N) is 2. The second-order valence-corrected chi connectivity index (χ2v) is 7.19. The molecular weight excluding hydrogens is 387 g/mol. The predicted octanol–water partition coefficient (Wildman–Crippen LogP) is 4.81. The summed E-state index contributed by atoms with van der Waals surface area (Å²) < 4.78 is 13.7. The molecule has 0 unspecified atom stereocenters. The quantitative estimate of drug-likeness (QED) is 0.656. The van der Waals surface area contributed by atoms with Gasteiger partial charge in [0.15, 0.2) is 5.17 Å². The normalized spacial score (nSPS) is 14.8. The average molecular weight is 404 g/mol. The van der Waals surface area contributed by atoms with Gasteiger partial charge in [0.25, 0.3) is 5.91 Å². The molecule has 7 heteroatoms. The minimum atomic E-state index is -0.370. The number of hydrogen-bond acceptors (Lipinski definition) is 4. The monoisotopic (exact) mass is 404 g/mol. The molecule has 3 aromatic rings. The number of amidine groups is 1. The zero-order valence-electron chi connectivity index (χ0n) is 15.3. The zero-order chi connectivity index (χ0) is 20.1. The molecule has 5 nitrogen and oxygen atoms in total. The summed E-state index contributed by atoms with van der Waals surface area (Å²) in [5, 5.41) is 7.77. The van der Waals surface area contributed by atoms with Crippen LogP contribution < -0.4 is 10.7 Å². The number of carbonyl (C=O) groups is 1. The van der Waals surface area contributed by atoms with E-state index in [1.165, 1.54) is 17.8 Å². The largest absolute Gasteiger partial charge is 0.322 e. The Morgan fingerprint density at radius 1 is 1.00 bits per heavy atom. The fourth-order valence-electron chi connectivity index (χ4n) is 2.71. The Hall–Kier alpha value is -3.45. The minimum absolute atomic E-state index is 0.153. The number of benzene rings is 3. The predicted molar refractivity (Wildman–Crippen MR) is 116 cm³/mol. The first-order chi connectivity index (χ1) is 14.2. The maximum atomic E-state index is 13.7. The first-order valence-electron chi connectivity index (χ1n) is 8.94. The number of carbonyl (C=O) groups excluding carboxylic acids is 1. The molecule has 1 amide bonds. The van der Waals surface area contributed by atoms with Crippen LogP contribution in [0.3, 0.4) is 0 Å². The van der Waals surface area contributed by atoms with Gasteiger partial charge in [0.1, 0.15) is 11.5 Å². The van der Waals surface area contributed by atoms with Crippen molar-refractivity contribution in [3.05, 3.63) is 95.8 Å². The number of rotatable bonds is 4. The molecule has 0 bridgehead atoms. The Bertz CT molecular complexity index is 1080. The maximum Gasteiger partial charge on any atom is 0.255 e. The van der Waals surface area contributed by atoms with Gasteiger partial charge in [-0.1, -0.05) is 54.2 Å². The third-order valence-electron chi connectivity index (χ3n) is 4.22. The number of nitrogens with one attached hydrogen (secondary N) is 2. The molecular formula is C22H17FN4OS. The molecule has 29 heavy (non-hydrogen) atoms. The van der Waals surface area contributed by atoms with Crippen molar-refractivity contribution in [3.63, 3.8) is 0 Å². The lowest BCUT2D eigenvalue weighted by Gasteiger charge is -2.15. The number of hydrazone groups is 1. The van der Waals surface area contributed by atoms with E-state index in [0.29, 0.717) is 22.2 Å². The van der Waals surface area contributed by atoms with Gasteiger partial charge in [-0.3, -0.25) is 10.2 Å². The topological polar surface area (TPSA) is 65.8 Å². The van der Waals surface area contributed by atoms with E-state index < -0.39 is 0 Å². The summed E-state index contributed by atoms with van der Waals surface area (Å²) in [5.74, 6) is 0.0839. The molecule has 0 saturated heterocycles. The van der Waals surface area contributed by atoms with Gasteiger partial charge in [-0.05, 0) is 42.0 Å². The Kier molecular flexibility index (Phi) is 5.67. The van der Waals surface area contributed by atoms with E-state index in [4.69, 9.17) is 0 Å². The van der Waals surface area contributed by atoms with Gasteiger partial charge in [0, 0.05) is 17.0 Å². The molecule has 0 radical (unpaired) electrons. The first kappa shape index (κ1) is 18.9. The number of aliphatic imine (C=N–C) groups is 1. The van der Waals surface area contributed by atoms with Crippen LogP contribution in [0.4, 0.5) is 15.8 Å². The molecule has 0 aliphatic carbocycles. The average Bonchev–Trinajstić information content (AvgIpc) is 2.77. The van der Waals surface area contributed by atoms with Gasteiger partial charge in [0.05, 0.1) is 5.71 Å². The van der Waals surface area contributed by atoms with Crippen LogP contribution >= 0.6 is 11.8 Å². The third-order valence-corrected chi connectivity index (χ3v) is 5.09. The van der Waals surface area contributed by atoms with Crippen molar-refractivity contribution < 1.29 is 9.18 Å². The lowest BCUT2D eigenvalue weighted by molar-refractivity contribution is 0.102. The molecule has 2 N–H and O–H groups in total. The summed E-state index contributed by atoms with van der Waals surface area (Å²) in [4.78, 5) is 16.5. The van der Waals surface area contributed by atoms with Crippen molar-refractivity contribution in [3.8, 4) is 0 Å². The second-order valence-electron chi connectivity index (χ2n) is 6.22. The molecule has 144 valence electrons. The van der Waals surface area contributed by atoms with Crippen LogP contribution in [0.1, 0.15) is 15.9 Å². The van der Waals surface area contributed by atoms with Crippen LogP contribution in [0.15, 0.2) is 89.0 Å². The number of thioether (sulfide) groups is 1. The Morgan fingerprint density at radius 3 is 2.41 bits per heavy atom. The van der Waals surface area contributed by atoms with Gasteiger partial charge < -0.3 is 5.32 Å². The highest BCUT2D eigenvalue weighted by Crippen LogP contribution is 2.21. The summed E-state index contributed by atoms with van der Waals surface area (Å²) in [6, 6.07) is 22.9. The van der Waals surface area contributed by atoms with Crippen molar-refractivity contribution in [2.75, 3.05) is 11.1 Å². The van der Waals surface area contributed by atoms with Gasteiger partial charge in [-0.25, -0.2) is 9.38 Å². The van der Waals surface area contributed by atoms with Gasteiger partial charge >= 0.3 is 0 Å².